The van der Waals surface area contributed by atoms with E-state index in [0.717, 1.165) is 71.2 Å². The second-order valence-electron chi connectivity index (χ2n) is 23.3. The molecule has 0 aliphatic heterocycles. The zero-order valence-electron chi connectivity index (χ0n) is 51.6. The predicted molar refractivity (Wildman–Crippen MR) is 358 cm³/mol. The summed E-state index contributed by atoms with van der Waals surface area (Å²) in [5, 5.41) is 0. The van der Waals surface area contributed by atoms with Crippen LogP contribution < -0.4 is 19.6 Å². The lowest BCUT2D eigenvalue weighted by atomic mass is 9.98. The molecule has 422 valence electrons. The van der Waals surface area contributed by atoms with E-state index in [9.17, 15) is 0 Å². The van der Waals surface area contributed by atoms with Crippen LogP contribution in [-0.4, -0.2) is 0 Å². The van der Waals surface area contributed by atoms with Gasteiger partial charge in [0.2, 0.25) is 0 Å². The highest BCUT2D eigenvalue weighted by molar-refractivity contribution is 5.88. The van der Waals surface area contributed by atoms with Crippen molar-refractivity contribution in [1.29, 1.82) is 0 Å². The van der Waals surface area contributed by atoms with Gasteiger partial charge < -0.3 is 19.6 Å². The first-order valence-electron chi connectivity index (χ1n) is 30.8. The molecule has 0 bridgehead atoms. The molecular formula is C78H90N4. The molecule has 82 heavy (non-hydrogen) atoms. The van der Waals surface area contributed by atoms with Gasteiger partial charge in [0, 0.05) is 45.5 Å². The highest BCUT2D eigenvalue weighted by atomic mass is 15.2. The van der Waals surface area contributed by atoms with Gasteiger partial charge in [-0.2, -0.15) is 0 Å². The standard InChI is InChI=1S/C78H90N4/c1-13-17-27-63-47-55(5)75(56(6)48-63)79(67-31-23-21-24-32-67)69-35-39-71(40-36-69)81(77-59(9)51-65(29-19-15-3)52-60(77)10)73-43-45-74(46-44-73)82(78-61(11)53-66(30-20-16-4)54-62(78)12)72-41-37-70(38-42-72)80(68-33-25-22-26-34-68)76-57(7)49-64(28-18-14-2)50-58(76)8/h21-26,31-54H,13-20,27-30H2,1-12H3. The Morgan fingerprint density at radius 3 is 0.537 bits per heavy atom. The number of anilines is 12. The lowest BCUT2D eigenvalue weighted by Crippen LogP contribution is -2.16. The van der Waals surface area contributed by atoms with Gasteiger partial charge in [0.25, 0.3) is 0 Å². The van der Waals surface area contributed by atoms with Crippen LogP contribution >= 0.6 is 0 Å². The largest absolute Gasteiger partial charge is 0.310 e. The molecule has 0 fully saturated rings. The zero-order valence-corrected chi connectivity index (χ0v) is 51.6. The summed E-state index contributed by atoms with van der Waals surface area (Å²) in [6.45, 7) is 27.4. The molecule has 4 heteroatoms. The quantitative estimate of drug-likeness (QED) is 0.0598. The molecule has 0 amide bonds. The maximum atomic E-state index is 2.49. The Hall–Kier alpha value is -7.82. The molecule has 0 aliphatic carbocycles. The van der Waals surface area contributed by atoms with Gasteiger partial charge in [-0.15, -0.1) is 0 Å². The monoisotopic (exact) mass is 1080 g/mol. The number of nitrogens with zero attached hydrogens (tertiary/aromatic N) is 4. The average molecular weight is 1080 g/mol. The van der Waals surface area contributed by atoms with Crippen molar-refractivity contribution >= 4 is 68.2 Å². The van der Waals surface area contributed by atoms with Gasteiger partial charge in [-0.3, -0.25) is 0 Å². The molecule has 0 N–H and O–H groups in total. The molecule has 0 aliphatic rings. The smallest absolute Gasteiger partial charge is 0.0520 e. The maximum Gasteiger partial charge on any atom is 0.0520 e. The lowest BCUT2D eigenvalue weighted by Gasteiger charge is -2.33. The first-order chi connectivity index (χ1) is 39.8. The molecular weight excluding hydrogens is 993 g/mol. The molecule has 0 radical (unpaired) electrons. The fourth-order valence-corrected chi connectivity index (χ4v) is 12.7. The Balaban J connectivity index is 1.16. The van der Waals surface area contributed by atoms with E-state index in [1.807, 2.05) is 0 Å². The summed E-state index contributed by atoms with van der Waals surface area (Å²) < 4.78 is 0. The fourth-order valence-electron chi connectivity index (χ4n) is 12.7. The molecule has 0 atom stereocenters. The third kappa shape index (κ3) is 13.2. The normalized spacial score (nSPS) is 11.3. The summed E-state index contributed by atoms with van der Waals surface area (Å²) in [6.07, 6.45) is 13.9. The number of hydrogen-bond donors (Lipinski definition) is 0. The highest BCUT2D eigenvalue weighted by Gasteiger charge is 2.25. The van der Waals surface area contributed by atoms with Crippen molar-refractivity contribution in [2.24, 2.45) is 0 Å². The number of rotatable bonds is 24. The molecule has 0 aromatic heterocycles. The van der Waals surface area contributed by atoms with Crippen LogP contribution in [0.15, 0.2) is 182 Å². The summed E-state index contributed by atoms with van der Waals surface area (Å²) in [4.78, 5) is 9.88. The molecule has 0 heterocycles. The number of aryl methyl sites for hydroxylation is 12. The highest BCUT2D eigenvalue weighted by Crippen LogP contribution is 2.47. The van der Waals surface area contributed by atoms with Crippen LogP contribution in [0, 0.1) is 55.4 Å². The number of unbranched alkanes of at least 4 members (excludes halogenated alkanes) is 4. The second-order valence-corrected chi connectivity index (χ2v) is 23.3. The summed E-state index contributed by atoms with van der Waals surface area (Å²) in [5.41, 5.74) is 29.9. The van der Waals surface area contributed by atoms with E-state index in [1.54, 1.807) is 0 Å². The van der Waals surface area contributed by atoms with E-state index >= 15 is 0 Å². The summed E-state index contributed by atoms with van der Waals surface area (Å²) in [6, 6.07) is 69.0. The van der Waals surface area contributed by atoms with Gasteiger partial charge in [0.15, 0.2) is 0 Å². The third-order valence-corrected chi connectivity index (χ3v) is 16.5. The third-order valence-electron chi connectivity index (χ3n) is 16.5. The Morgan fingerprint density at radius 1 is 0.220 bits per heavy atom. The first-order valence-corrected chi connectivity index (χ1v) is 30.8. The topological polar surface area (TPSA) is 13.0 Å². The average Bonchev–Trinajstić information content (AvgIpc) is 3.68. The molecule has 0 unspecified atom stereocenters. The lowest BCUT2D eigenvalue weighted by molar-refractivity contribution is 0.794. The van der Waals surface area contributed by atoms with Crippen LogP contribution in [0.25, 0.3) is 0 Å². The number of benzene rings is 9. The van der Waals surface area contributed by atoms with E-state index in [0.29, 0.717) is 0 Å². The van der Waals surface area contributed by atoms with Gasteiger partial charge in [0.05, 0.1) is 22.7 Å². The van der Waals surface area contributed by atoms with Crippen LogP contribution in [0.5, 0.6) is 0 Å². The minimum absolute atomic E-state index is 1.08. The SMILES string of the molecule is CCCCc1cc(C)c(N(c2ccccc2)c2ccc(N(c3ccc(N(c4ccc(N(c5ccccc5)c5c(C)cc(CCCC)cc5C)cc4)c4c(C)cc(CCCC)cc4C)cc3)c3c(C)cc(CCCC)cc3C)cc2)c(C)c1. The first kappa shape index (κ1) is 58.8. The minimum Gasteiger partial charge on any atom is -0.310 e. The summed E-state index contributed by atoms with van der Waals surface area (Å²) in [7, 11) is 0. The summed E-state index contributed by atoms with van der Waals surface area (Å²) >= 11 is 0. The molecule has 9 aromatic rings. The molecule has 9 rings (SSSR count). The Labute approximate surface area is 494 Å². The Kier molecular flexibility index (Phi) is 19.6. The Morgan fingerprint density at radius 2 is 0.378 bits per heavy atom. The van der Waals surface area contributed by atoms with E-state index in [1.165, 1.54) is 141 Å². The van der Waals surface area contributed by atoms with E-state index in [2.05, 4.69) is 285 Å². The van der Waals surface area contributed by atoms with Crippen molar-refractivity contribution in [2.45, 2.75) is 160 Å². The molecule has 0 saturated heterocycles. The van der Waals surface area contributed by atoms with Gasteiger partial charge in [-0.1, -0.05) is 138 Å². The van der Waals surface area contributed by atoms with Gasteiger partial charge in [-0.05, 0) is 271 Å². The zero-order chi connectivity index (χ0) is 57.9. The molecule has 9 aromatic carbocycles. The van der Waals surface area contributed by atoms with Crippen LogP contribution in [0.1, 0.15) is 146 Å². The van der Waals surface area contributed by atoms with Crippen LogP contribution in [0.2, 0.25) is 0 Å². The van der Waals surface area contributed by atoms with E-state index in [4.69, 9.17) is 0 Å². The molecule has 4 nitrogen and oxygen atoms in total. The Bertz CT molecular complexity index is 3210. The fraction of sp³-hybridized carbons (Fsp3) is 0.308. The van der Waals surface area contributed by atoms with Crippen molar-refractivity contribution in [1.82, 2.24) is 0 Å². The van der Waals surface area contributed by atoms with Gasteiger partial charge in [-0.25, -0.2) is 0 Å². The van der Waals surface area contributed by atoms with Crippen molar-refractivity contribution < 1.29 is 0 Å². The second kappa shape index (κ2) is 27.3. The van der Waals surface area contributed by atoms with E-state index < -0.39 is 0 Å². The maximum absolute atomic E-state index is 2.49. The minimum atomic E-state index is 1.08. The van der Waals surface area contributed by atoms with Crippen LogP contribution in [-0.2, 0) is 25.7 Å². The van der Waals surface area contributed by atoms with Crippen molar-refractivity contribution in [3.8, 4) is 0 Å². The summed E-state index contributed by atoms with van der Waals surface area (Å²) in [5.74, 6) is 0. The van der Waals surface area contributed by atoms with Crippen molar-refractivity contribution in [3.05, 3.63) is 249 Å². The molecule has 0 saturated carbocycles. The van der Waals surface area contributed by atoms with Gasteiger partial charge >= 0.3 is 0 Å². The van der Waals surface area contributed by atoms with E-state index in [-0.39, 0.29) is 0 Å². The predicted octanol–water partition coefficient (Wildman–Crippen LogP) is 23.4. The number of para-hydroxylation sites is 2. The van der Waals surface area contributed by atoms with Crippen LogP contribution in [0.4, 0.5) is 68.2 Å². The molecule has 0 spiro atoms. The van der Waals surface area contributed by atoms with Crippen molar-refractivity contribution in [2.75, 3.05) is 19.6 Å². The number of hydrogen-bond acceptors (Lipinski definition) is 4. The van der Waals surface area contributed by atoms with Crippen molar-refractivity contribution in [3.63, 3.8) is 0 Å². The van der Waals surface area contributed by atoms with Crippen LogP contribution in [0.3, 0.4) is 0 Å². The van der Waals surface area contributed by atoms with Gasteiger partial charge in [0.1, 0.15) is 0 Å².